The number of sulfonamides is 1. The van der Waals surface area contributed by atoms with Gasteiger partial charge in [-0.05, 0) is 61.5 Å². The van der Waals surface area contributed by atoms with Crippen LogP contribution in [0.15, 0.2) is 72.8 Å². The number of anilines is 2. The van der Waals surface area contributed by atoms with Crippen molar-refractivity contribution in [2.75, 3.05) is 15.9 Å². The van der Waals surface area contributed by atoms with Gasteiger partial charge in [-0.3, -0.25) is 9.10 Å². The van der Waals surface area contributed by atoms with E-state index in [-0.39, 0.29) is 11.4 Å². The molecule has 0 saturated heterocycles. The summed E-state index contributed by atoms with van der Waals surface area (Å²) in [6.07, 6.45) is -3.79. The van der Waals surface area contributed by atoms with Crippen LogP contribution in [0.25, 0.3) is 0 Å². The van der Waals surface area contributed by atoms with Gasteiger partial charge in [0.1, 0.15) is 17.5 Å². The van der Waals surface area contributed by atoms with E-state index in [9.17, 15) is 26.4 Å². The highest BCUT2D eigenvalue weighted by Crippen LogP contribution is 2.36. The lowest BCUT2D eigenvalue weighted by Gasteiger charge is -2.28. The van der Waals surface area contributed by atoms with E-state index >= 15 is 0 Å². The number of hydrogen-bond donors (Lipinski definition) is 1. The first kappa shape index (κ1) is 25.4. The molecule has 34 heavy (non-hydrogen) atoms. The van der Waals surface area contributed by atoms with Gasteiger partial charge in [0.15, 0.2) is 0 Å². The lowest BCUT2D eigenvalue weighted by Crippen LogP contribution is -2.45. The SMILES string of the molecule is C[C@@H](C(=O)Nc1ccc(Cl)c(C(F)(F)F)c1)N(c1ccc(Oc2ccccc2)cc1)S(C)(=O)=O. The molecule has 11 heteroatoms. The van der Waals surface area contributed by atoms with Crippen molar-refractivity contribution in [2.45, 2.75) is 19.1 Å². The fourth-order valence-corrected chi connectivity index (χ4v) is 4.56. The Morgan fingerprint density at radius 3 is 2.15 bits per heavy atom. The minimum Gasteiger partial charge on any atom is -0.457 e. The number of rotatable bonds is 7. The largest absolute Gasteiger partial charge is 0.457 e. The Balaban J connectivity index is 1.82. The van der Waals surface area contributed by atoms with Crippen LogP contribution in [0, 0.1) is 0 Å². The van der Waals surface area contributed by atoms with Gasteiger partial charge in [-0.15, -0.1) is 0 Å². The van der Waals surface area contributed by atoms with Crippen molar-refractivity contribution in [3.05, 3.63) is 83.4 Å². The number of carbonyl (C=O) groups is 1. The molecule has 3 aromatic carbocycles. The number of nitrogens with zero attached hydrogens (tertiary/aromatic N) is 1. The number of amides is 1. The second-order valence-corrected chi connectivity index (χ2v) is 9.59. The van der Waals surface area contributed by atoms with E-state index in [1.807, 2.05) is 6.07 Å². The Labute approximate surface area is 200 Å². The molecule has 1 amide bonds. The molecule has 1 N–H and O–H groups in total. The first-order chi connectivity index (χ1) is 15.9. The summed E-state index contributed by atoms with van der Waals surface area (Å²) in [6.45, 7) is 1.32. The lowest BCUT2D eigenvalue weighted by atomic mass is 10.2. The third-order valence-corrected chi connectivity index (χ3v) is 6.27. The van der Waals surface area contributed by atoms with Crippen molar-refractivity contribution in [2.24, 2.45) is 0 Å². The molecule has 0 aliphatic heterocycles. The molecule has 0 heterocycles. The fraction of sp³-hybridized carbons (Fsp3) is 0.174. The number of benzene rings is 3. The standard InChI is InChI=1S/C23H20ClF3N2O4S/c1-15(22(30)28-16-8-13-21(24)20(14-16)23(25,26)27)29(34(2,31)32)17-9-11-19(12-10-17)33-18-6-4-3-5-7-18/h3-15H,1-2H3,(H,28,30)/t15-/m0/s1. The van der Waals surface area contributed by atoms with E-state index in [0.29, 0.717) is 17.6 Å². The molecule has 6 nitrogen and oxygen atoms in total. The van der Waals surface area contributed by atoms with Gasteiger partial charge in [0, 0.05) is 5.69 Å². The first-order valence-electron chi connectivity index (χ1n) is 9.86. The van der Waals surface area contributed by atoms with Crippen molar-refractivity contribution in [3.8, 4) is 11.5 Å². The van der Waals surface area contributed by atoms with Crippen molar-refractivity contribution >= 4 is 38.9 Å². The first-order valence-corrected chi connectivity index (χ1v) is 12.1. The van der Waals surface area contributed by atoms with E-state index in [1.165, 1.54) is 25.1 Å². The van der Waals surface area contributed by atoms with Crippen LogP contribution in [0.3, 0.4) is 0 Å². The normalized spacial score (nSPS) is 12.6. The van der Waals surface area contributed by atoms with Gasteiger partial charge in [-0.2, -0.15) is 13.2 Å². The highest BCUT2D eigenvalue weighted by molar-refractivity contribution is 7.92. The van der Waals surface area contributed by atoms with Gasteiger partial charge >= 0.3 is 6.18 Å². The van der Waals surface area contributed by atoms with E-state index in [2.05, 4.69) is 5.32 Å². The summed E-state index contributed by atoms with van der Waals surface area (Å²) in [4.78, 5) is 12.8. The second-order valence-electron chi connectivity index (χ2n) is 7.33. The molecule has 0 saturated carbocycles. The number of ether oxygens (including phenoxy) is 1. The highest BCUT2D eigenvalue weighted by atomic mass is 35.5. The number of alkyl halides is 3. The smallest absolute Gasteiger partial charge is 0.417 e. The fourth-order valence-electron chi connectivity index (χ4n) is 3.16. The van der Waals surface area contributed by atoms with E-state index in [1.54, 1.807) is 36.4 Å². The van der Waals surface area contributed by atoms with Crippen molar-refractivity contribution in [1.29, 1.82) is 0 Å². The van der Waals surface area contributed by atoms with Crippen LogP contribution in [0.1, 0.15) is 12.5 Å². The molecule has 0 spiro atoms. The van der Waals surface area contributed by atoms with Crippen LogP contribution in [-0.4, -0.2) is 26.6 Å². The van der Waals surface area contributed by atoms with Gasteiger partial charge in [-0.25, -0.2) is 8.42 Å². The molecule has 0 radical (unpaired) electrons. The quantitative estimate of drug-likeness (QED) is 0.425. The Kier molecular flexibility index (Phi) is 7.42. The number of carbonyl (C=O) groups excluding carboxylic acids is 1. The molecule has 0 aliphatic carbocycles. The number of para-hydroxylation sites is 1. The van der Waals surface area contributed by atoms with Gasteiger partial charge in [-0.1, -0.05) is 29.8 Å². The molecule has 3 aromatic rings. The van der Waals surface area contributed by atoms with Crippen molar-refractivity contribution in [3.63, 3.8) is 0 Å². The topological polar surface area (TPSA) is 75.7 Å². The van der Waals surface area contributed by atoms with Crippen LogP contribution in [0.5, 0.6) is 11.5 Å². The molecule has 0 aromatic heterocycles. The molecule has 1 atom stereocenters. The molecule has 0 bridgehead atoms. The maximum absolute atomic E-state index is 13.1. The zero-order valence-electron chi connectivity index (χ0n) is 18.0. The Morgan fingerprint density at radius 2 is 1.59 bits per heavy atom. The van der Waals surface area contributed by atoms with Crippen molar-refractivity contribution < 1.29 is 31.1 Å². The van der Waals surface area contributed by atoms with Gasteiger partial charge in [0.25, 0.3) is 0 Å². The maximum atomic E-state index is 13.1. The maximum Gasteiger partial charge on any atom is 0.417 e. The molecular formula is C23H20ClF3N2O4S. The summed E-state index contributed by atoms with van der Waals surface area (Å²) in [6, 6.07) is 16.6. The van der Waals surface area contributed by atoms with Gasteiger partial charge in [0.05, 0.1) is 22.5 Å². The van der Waals surface area contributed by atoms with Gasteiger partial charge in [0.2, 0.25) is 15.9 Å². The highest BCUT2D eigenvalue weighted by Gasteiger charge is 2.34. The summed E-state index contributed by atoms with van der Waals surface area (Å²) < 4.78 is 70.8. The number of halogens is 4. The molecule has 3 rings (SSSR count). The lowest BCUT2D eigenvalue weighted by molar-refractivity contribution is -0.137. The third kappa shape index (κ3) is 6.21. The Hall–Kier alpha value is -3.24. The van der Waals surface area contributed by atoms with Crippen LogP contribution < -0.4 is 14.4 Å². The van der Waals surface area contributed by atoms with Gasteiger partial charge < -0.3 is 10.1 Å². The average Bonchev–Trinajstić information content (AvgIpc) is 2.75. The molecule has 0 unspecified atom stereocenters. The van der Waals surface area contributed by atoms with E-state index in [0.717, 1.165) is 16.6 Å². The molecule has 180 valence electrons. The molecule has 0 aliphatic rings. The Morgan fingerprint density at radius 1 is 1.00 bits per heavy atom. The second kappa shape index (κ2) is 9.94. The van der Waals surface area contributed by atoms with E-state index < -0.39 is 38.7 Å². The zero-order chi connectivity index (χ0) is 25.1. The average molecular weight is 513 g/mol. The third-order valence-electron chi connectivity index (χ3n) is 4.70. The number of hydrogen-bond acceptors (Lipinski definition) is 4. The summed E-state index contributed by atoms with van der Waals surface area (Å²) in [5.41, 5.74) is -1.11. The van der Waals surface area contributed by atoms with Crippen LogP contribution in [-0.2, 0) is 21.0 Å². The minimum absolute atomic E-state index is 0.173. The zero-order valence-corrected chi connectivity index (χ0v) is 19.6. The predicted molar refractivity (Wildman–Crippen MR) is 125 cm³/mol. The Bertz CT molecular complexity index is 1270. The predicted octanol–water partition coefficient (Wildman–Crippen LogP) is 5.94. The van der Waals surface area contributed by atoms with Crippen molar-refractivity contribution in [1.82, 2.24) is 0 Å². The summed E-state index contributed by atoms with van der Waals surface area (Å²) in [5.74, 6) is 0.205. The van der Waals surface area contributed by atoms with Crippen LogP contribution in [0.4, 0.5) is 24.5 Å². The minimum atomic E-state index is -4.72. The molecular weight excluding hydrogens is 493 g/mol. The number of nitrogens with one attached hydrogen (secondary N) is 1. The summed E-state index contributed by atoms with van der Waals surface area (Å²) >= 11 is 5.60. The monoisotopic (exact) mass is 512 g/mol. The van der Waals surface area contributed by atoms with Crippen LogP contribution >= 0.6 is 11.6 Å². The summed E-state index contributed by atoms with van der Waals surface area (Å²) in [7, 11) is -3.93. The molecule has 0 fully saturated rings. The van der Waals surface area contributed by atoms with Crippen LogP contribution in [0.2, 0.25) is 5.02 Å². The van der Waals surface area contributed by atoms with E-state index in [4.69, 9.17) is 16.3 Å². The summed E-state index contributed by atoms with van der Waals surface area (Å²) in [5, 5.41) is 1.80.